The van der Waals surface area contributed by atoms with Crippen LogP contribution in [0.4, 0.5) is 4.39 Å². The Hall–Kier alpha value is -5.15. The molecule has 0 saturated heterocycles. The topological polar surface area (TPSA) is 115 Å². The molecule has 0 aliphatic rings. The van der Waals surface area contributed by atoms with Crippen LogP contribution in [-0.2, 0) is 22.4 Å². The van der Waals surface area contributed by atoms with E-state index in [0.717, 1.165) is 33.2 Å². The van der Waals surface area contributed by atoms with Crippen LogP contribution in [0.1, 0.15) is 27.4 Å². The molecule has 4 heterocycles. The second kappa shape index (κ2) is 10.8. The van der Waals surface area contributed by atoms with E-state index in [0.29, 0.717) is 35.3 Å². The van der Waals surface area contributed by atoms with Crippen molar-refractivity contribution in [3.05, 3.63) is 114 Å². The molecule has 4 aromatic heterocycles. The molecule has 41 heavy (non-hydrogen) atoms. The van der Waals surface area contributed by atoms with Crippen molar-refractivity contribution in [2.45, 2.75) is 25.8 Å². The van der Waals surface area contributed by atoms with Gasteiger partial charge in [-0.2, -0.15) is 0 Å². The van der Waals surface area contributed by atoms with Gasteiger partial charge in [-0.1, -0.05) is 30.3 Å². The third-order valence-corrected chi connectivity index (χ3v) is 7.27. The van der Waals surface area contributed by atoms with Crippen molar-refractivity contribution in [1.29, 1.82) is 0 Å². The fourth-order valence-electron chi connectivity index (χ4n) is 5.39. The molecule has 3 N–H and O–H groups in total. The van der Waals surface area contributed by atoms with Gasteiger partial charge < -0.3 is 15.5 Å². The van der Waals surface area contributed by atoms with Gasteiger partial charge in [0.15, 0.2) is 0 Å². The SMILES string of the molecule is Cc1cc(-c2ncccc2-c2ccc3cnc(C(=O)OC=O)n3c2CC(N)Cc2c[nH]c3ccccc23)ccc1F. The lowest BCUT2D eigenvalue weighted by atomic mass is 9.93. The first-order valence-electron chi connectivity index (χ1n) is 13.1. The normalized spacial score (nSPS) is 12.1. The number of rotatable bonds is 8. The number of halogens is 1. The van der Waals surface area contributed by atoms with Crippen LogP contribution in [0.15, 0.2) is 85.3 Å². The molecule has 0 bridgehead atoms. The zero-order chi connectivity index (χ0) is 28.5. The third-order valence-electron chi connectivity index (χ3n) is 7.27. The van der Waals surface area contributed by atoms with Gasteiger partial charge in [0.2, 0.25) is 5.82 Å². The first kappa shape index (κ1) is 26.1. The molecule has 204 valence electrons. The molecule has 0 spiro atoms. The first-order valence-corrected chi connectivity index (χ1v) is 13.1. The standard InChI is InChI=1S/C32H26FN5O3/c1-19-13-20(8-11-27(19)33)30-26(6-4-12-35-30)25-10-9-23-17-37-31(32(40)41-18-39)38(23)29(25)15-22(34)14-21-16-36-28-7-3-2-5-24(21)28/h2-13,16-18,22,36H,14-15,34H2,1H3. The van der Waals surface area contributed by atoms with Crippen LogP contribution in [0.5, 0.6) is 0 Å². The maximum Gasteiger partial charge on any atom is 0.382 e. The van der Waals surface area contributed by atoms with Crippen LogP contribution in [0.3, 0.4) is 0 Å². The molecule has 2 aromatic carbocycles. The van der Waals surface area contributed by atoms with Crippen LogP contribution >= 0.6 is 0 Å². The summed E-state index contributed by atoms with van der Waals surface area (Å²) >= 11 is 0. The number of aromatic nitrogens is 4. The number of H-pyrrole nitrogens is 1. The number of fused-ring (bicyclic) bond motifs is 2. The number of imidazole rings is 1. The molecule has 0 aliphatic carbocycles. The predicted octanol–water partition coefficient (Wildman–Crippen LogP) is 5.42. The molecule has 9 heteroatoms. The average molecular weight is 548 g/mol. The van der Waals surface area contributed by atoms with Gasteiger partial charge in [0.1, 0.15) is 5.82 Å². The Kier molecular flexibility index (Phi) is 6.86. The molecule has 1 atom stereocenters. The highest BCUT2D eigenvalue weighted by molar-refractivity contribution is 5.92. The minimum Gasteiger partial charge on any atom is -0.389 e. The van der Waals surface area contributed by atoms with E-state index in [9.17, 15) is 14.0 Å². The number of ether oxygens (including phenoxy) is 1. The van der Waals surface area contributed by atoms with Gasteiger partial charge in [-0.05, 0) is 60.9 Å². The maximum atomic E-state index is 14.1. The van der Waals surface area contributed by atoms with Crippen molar-refractivity contribution in [1.82, 2.24) is 19.4 Å². The summed E-state index contributed by atoms with van der Waals surface area (Å²) in [4.78, 5) is 35.9. The van der Waals surface area contributed by atoms with E-state index in [4.69, 9.17) is 5.73 Å². The zero-order valence-corrected chi connectivity index (χ0v) is 22.2. The lowest BCUT2D eigenvalue weighted by Gasteiger charge is -2.19. The van der Waals surface area contributed by atoms with E-state index >= 15 is 0 Å². The number of aryl methyl sites for hydroxylation is 1. The summed E-state index contributed by atoms with van der Waals surface area (Å²) in [5, 5.41) is 1.10. The molecule has 6 rings (SSSR count). The van der Waals surface area contributed by atoms with Crippen molar-refractivity contribution in [3.63, 3.8) is 0 Å². The van der Waals surface area contributed by atoms with Crippen molar-refractivity contribution in [3.8, 4) is 22.4 Å². The number of carbonyl (C=O) groups excluding carboxylic acids is 2. The van der Waals surface area contributed by atoms with Crippen molar-refractivity contribution in [2.75, 3.05) is 0 Å². The van der Waals surface area contributed by atoms with E-state index in [1.54, 1.807) is 35.9 Å². The van der Waals surface area contributed by atoms with Crippen molar-refractivity contribution < 1.29 is 18.7 Å². The number of esters is 1. The number of nitrogens with one attached hydrogen (secondary N) is 1. The number of hydrogen-bond acceptors (Lipinski definition) is 6. The van der Waals surface area contributed by atoms with Crippen LogP contribution in [0.2, 0.25) is 0 Å². The van der Waals surface area contributed by atoms with Crippen molar-refractivity contribution in [2.24, 2.45) is 5.73 Å². The van der Waals surface area contributed by atoms with Crippen molar-refractivity contribution >= 4 is 28.9 Å². The number of nitrogens with two attached hydrogens (primary N) is 1. The summed E-state index contributed by atoms with van der Waals surface area (Å²) < 4.78 is 20.5. The minimum atomic E-state index is -0.871. The van der Waals surface area contributed by atoms with E-state index in [2.05, 4.69) is 25.8 Å². The lowest BCUT2D eigenvalue weighted by molar-refractivity contribution is -0.123. The summed E-state index contributed by atoms with van der Waals surface area (Å²) in [5.41, 5.74) is 13.7. The molecule has 0 amide bonds. The van der Waals surface area contributed by atoms with E-state index in [-0.39, 0.29) is 24.2 Å². The van der Waals surface area contributed by atoms with Crippen LogP contribution in [0, 0.1) is 12.7 Å². The molecule has 0 radical (unpaired) electrons. The number of hydrogen-bond donors (Lipinski definition) is 2. The van der Waals surface area contributed by atoms with Gasteiger partial charge in [0.05, 0.1) is 17.4 Å². The van der Waals surface area contributed by atoms with Gasteiger partial charge in [-0.3, -0.25) is 14.2 Å². The Labute approximate surface area is 234 Å². The summed E-state index contributed by atoms with van der Waals surface area (Å²) in [6, 6.07) is 20.1. The third kappa shape index (κ3) is 4.87. The van der Waals surface area contributed by atoms with Gasteiger partial charge >= 0.3 is 12.4 Å². The number of carbonyl (C=O) groups is 2. The largest absolute Gasteiger partial charge is 0.389 e. The number of aromatic amines is 1. The monoisotopic (exact) mass is 547 g/mol. The Bertz CT molecular complexity index is 1930. The highest BCUT2D eigenvalue weighted by atomic mass is 19.1. The summed E-state index contributed by atoms with van der Waals surface area (Å²) in [6.07, 6.45) is 6.13. The number of nitrogens with zero attached hydrogens (tertiary/aromatic N) is 3. The highest BCUT2D eigenvalue weighted by Crippen LogP contribution is 2.35. The Morgan fingerprint density at radius 3 is 2.76 bits per heavy atom. The molecule has 8 nitrogen and oxygen atoms in total. The average Bonchev–Trinajstić information content (AvgIpc) is 3.60. The van der Waals surface area contributed by atoms with Gasteiger partial charge in [0, 0.05) is 58.1 Å². The molecular weight excluding hydrogens is 521 g/mol. The number of benzene rings is 2. The zero-order valence-electron chi connectivity index (χ0n) is 22.2. The fourth-order valence-corrected chi connectivity index (χ4v) is 5.39. The fraction of sp³-hybridized carbons (Fsp3) is 0.125. The molecule has 0 fully saturated rings. The molecule has 1 unspecified atom stereocenters. The van der Waals surface area contributed by atoms with E-state index in [1.165, 1.54) is 6.07 Å². The summed E-state index contributed by atoms with van der Waals surface area (Å²) in [5.74, 6) is -1.20. The maximum absolute atomic E-state index is 14.1. The van der Waals surface area contributed by atoms with E-state index in [1.807, 2.05) is 48.7 Å². The second-order valence-corrected chi connectivity index (χ2v) is 9.93. The van der Waals surface area contributed by atoms with Crippen LogP contribution < -0.4 is 5.73 Å². The van der Waals surface area contributed by atoms with Gasteiger partial charge in [0.25, 0.3) is 0 Å². The highest BCUT2D eigenvalue weighted by Gasteiger charge is 2.23. The Morgan fingerprint density at radius 2 is 1.93 bits per heavy atom. The summed E-state index contributed by atoms with van der Waals surface area (Å²) in [7, 11) is 0. The quantitative estimate of drug-likeness (QED) is 0.149. The van der Waals surface area contributed by atoms with Gasteiger partial charge in [-0.25, -0.2) is 14.2 Å². The minimum absolute atomic E-state index is 0.0358. The predicted molar refractivity (Wildman–Crippen MR) is 154 cm³/mol. The molecule has 0 saturated carbocycles. The number of para-hydroxylation sites is 1. The Balaban J connectivity index is 1.50. The number of pyridine rings is 2. The Morgan fingerprint density at radius 1 is 1.07 bits per heavy atom. The van der Waals surface area contributed by atoms with Crippen LogP contribution in [-0.4, -0.2) is 37.8 Å². The van der Waals surface area contributed by atoms with Crippen LogP contribution in [0.25, 0.3) is 38.8 Å². The molecular formula is C32H26FN5O3. The molecule has 0 aliphatic heterocycles. The first-order chi connectivity index (χ1) is 19.9. The summed E-state index contributed by atoms with van der Waals surface area (Å²) in [6.45, 7) is 1.80. The molecule has 6 aromatic rings. The van der Waals surface area contributed by atoms with E-state index < -0.39 is 5.97 Å². The second-order valence-electron chi connectivity index (χ2n) is 9.93. The smallest absolute Gasteiger partial charge is 0.382 e. The lowest BCUT2D eigenvalue weighted by Crippen LogP contribution is -2.27. The van der Waals surface area contributed by atoms with Gasteiger partial charge in [-0.15, -0.1) is 0 Å².